The van der Waals surface area contributed by atoms with Crippen molar-refractivity contribution >= 4 is 17.3 Å². The summed E-state index contributed by atoms with van der Waals surface area (Å²) in [6.45, 7) is 0.934. The number of hydrogen-bond donors (Lipinski definition) is 2. The molecule has 1 aromatic carbocycles. The number of benzene rings is 1. The molecular weight excluding hydrogens is 212 g/mol. The molecule has 0 spiro atoms. The van der Waals surface area contributed by atoms with Crippen LogP contribution in [0.3, 0.4) is 0 Å². The fourth-order valence-electron chi connectivity index (χ4n) is 3.50. The summed E-state index contributed by atoms with van der Waals surface area (Å²) in [7, 11) is 0. The maximum absolute atomic E-state index is 11.9. The summed E-state index contributed by atoms with van der Waals surface area (Å²) in [4.78, 5) is 11.9. The Kier molecular flexibility index (Phi) is 1.70. The molecule has 1 unspecified atom stereocenters. The van der Waals surface area contributed by atoms with Gasteiger partial charge in [0.05, 0.1) is 0 Å². The Bertz CT molecular complexity index is 507. The highest BCUT2D eigenvalue weighted by Gasteiger charge is 2.47. The molecule has 0 bridgehead atoms. The van der Waals surface area contributed by atoms with Crippen LogP contribution >= 0.6 is 0 Å². The molecule has 2 N–H and O–H groups in total. The van der Waals surface area contributed by atoms with Crippen LogP contribution in [0.5, 0.6) is 0 Å². The highest BCUT2D eigenvalue weighted by atomic mass is 16.1. The Morgan fingerprint density at radius 2 is 2.12 bits per heavy atom. The third-order valence-corrected chi connectivity index (χ3v) is 4.36. The lowest BCUT2D eigenvalue weighted by Crippen LogP contribution is -2.38. The zero-order chi connectivity index (χ0) is 11.5. The van der Waals surface area contributed by atoms with Gasteiger partial charge in [0.25, 0.3) is 0 Å². The lowest BCUT2D eigenvalue weighted by Gasteiger charge is -2.34. The fraction of sp³-hybridized carbons (Fsp3) is 0.500. The monoisotopic (exact) mass is 228 g/mol. The Morgan fingerprint density at radius 1 is 1.29 bits per heavy atom. The minimum Gasteiger partial charge on any atom is -0.384 e. The molecule has 3 heteroatoms. The van der Waals surface area contributed by atoms with Gasteiger partial charge in [-0.25, -0.2) is 0 Å². The molecule has 0 aromatic heterocycles. The van der Waals surface area contributed by atoms with E-state index in [1.165, 1.54) is 30.5 Å². The third-order valence-electron chi connectivity index (χ3n) is 4.36. The number of amides is 1. The summed E-state index contributed by atoms with van der Waals surface area (Å²) in [5, 5.41) is 6.49. The molecular formula is C14H16N2O. The molecule has 1 aliphatic carbocycles. The second kappa shape index (κ2) is 3.03. The van der Waals surface area contributed by atoms with Gasteiger partial charge in [0.15, 0.2) is 0 Å². The van der Waals surface area contributed by atoms with E-state index in [4.69, 9.17) is 0 Å². The summed E-state index contributed by atoms with van der Waals surface area (Å²) in [6, 6.07) is 6.18. The fourth-order valence-corrected chi connectivity index (χ4v) is 3.50. The average Bonchev–Trinajstić information content (AvgIpc) is 3.02. The van der Waals surface area contributed by atoms with E-state index >= 15 is 0 Å². The zero-order valence-electron chi connectivity index (χ0n) is 9.75. The molecule has 1 amide bonds. The van der Waals surface area contributed by atoms with Gasteiger partial charge in [0, 0.05) is 35.3 Å². The number of carbonyl (C=O) groups excluding carboxylic acids is 1. The lowest BCUT2D eigenvalue weighted by molar-refractivity contribution is -0.117. The Labute approximate surface area is 101 Å². The molecule has 3 aliphatic rings. The molecule has 1 fully saturated rings. The van der Waals surface area contributed by atoms with E-state index in [2.05, 4.69) is 16.7 Å². The molecule has 1 atom stereocenters. The van der Waals surface area contributed by atoms with E-state index < -0.39 is 0 Å². The van der Waals surface area contributed by atoms with Gasteiger partial charge < -0.3 is 10.6 Å². The van der Waals surface area contributed by atoms with E-state index in [-0.39, 0.29) is 11.3 Å². The number of carbonyl (C=O) groups is 1. The maximum Gasteiger partial charge on any atom is 0.225 e. The van der Waals surface area contributed by atoms with Crippen molar-refractivity contribution in [2.45, 2.75) is 31.1 Å². The maximum atomic E-state index is 11.9. The summed E-state index contributed by atoms with van der Waals surface area (Å²) in [6.07, 6.45) is 4.53. The van der Waals surface area contributed by atoms with E-state index in [0.29, 0.717) is 6.42 Å². The van der Waals surface area contributed by atoms with Gasteiger partial charge in [0.2, 0.25) is 5.91 Å². The van der Waals surface area contributed by atoms with Gasteiger partial charge in [-0.05, 0) is 24.5 Å². The average molecular weight is 228 g/mol. The third kappa shape index (κ3) is 1.31. The lowest BCUT2D eigenvalue weighted by atomic mass is 9.72. The number of anilines is 2. The summed E-state index contributed by atoms with van der Waals surface area (Å²) in [5.41, 5.74) is 3.70. The number of hydrogen-bond acceptors (Lipinski definition) is 2. The smallest absolute Gasteiger partial charge is 0.225 e. The van der Waals surface area contributed by atoms with Crippen LogP contribution < -0.4 is 10.6 Å². The van der Waals surface area contributed by atoms with E-state index in [1.807, 2.05) is 12.1 Å². The van der Waals surface area contributed by atoms with Gasteiger partial charge in [-0.1, -0.05) is 18.9 Å². The van der Waals surface area contributed by atoms with Crippen LogP contribution in [0.15, 0.2) is 18.2 Å². The molecule has 0 radical (unpaired) electrons. The van der Waals surface area contributed by atoms with Gasteiger partial charge in [-0.15, -0.1) is 0 Å². The first kappa shape index (κ1) is 9.51. The van der Waals surface area contributed by atoms with Crippen molar-refractivity contribution in [2.75, 3.05) is 17.2 Å². The topological polar surface area (TPSA) is 41.1 Å². The van der Waals surface area contributed by atoms with Crippen LogP contribution in [-0.2, 0) is 10.2 Å². The van der Waals surface area contributed by atoms with Crippen molar-refractivity contribution in [1.29, 1.82) is 0 Å². The predicted octanol–water partition coefficient (Wildman–Crippen LogP) is 2.49. The van der Waals surface area contributed by atoms with Gasteiger partial charge in [-0.2, -0.15) is 0 Å². The van der Waals surface area contributed by atoms with E-state index in [0.717, 1.165) is 18.2 Å². The van der Waals surface area contributed by atoms with E-state index in [9.17, 15) is 4.79 Å². The highest BCUT2D eigenvalue weighted by Crippen LogP contribution is 2.52. The molecule has 1 aromatic rings. The first-order valence-corrected chi connectivity index (χ1v) is 6.44. The molecule has 4 rings (SSSR count). The summed E-state index contributed by atoms with van der Waals surface area (Å²) >= 11 is 0. The molecule has 1 saturated carbocycles. The molecule has 88 valence electrons. The van der Waals surface area contributed by atoms with Crippen LogP contribution in [-0.4, -0.2) is 12.5 Å². The standard InChI is InChI=1S/C14H16N2O/c17-12-7-14(6-9-4-5-9)8-15-10-2-1-3-11(16-12)13(10)14/h1-3,9,15H,4-8H2,(H,16,17). The Balaban J connectivity index is 1.86. The quantitative estimate of drug-likeness (QED) is 0.816. The van der Waals surface area contributed by atoms with Crippen molar-refractivity contribution in [3.63, 3.8) is 0 Å². The van der Waals surface area contributed by atoms with Crippen LogP contribution in [0.1, 0.15) is 31.2 Å². The van der Waals surface area contributed by atoms with Crippen molar-refractivity contribution < 1.29 is 4.79 Å². The largest absolute Gasteiger partial charge is 0.384 e. The van der Waals surface area contributed by atoms with Gasteiger partial charge in [0.1, 0.15) is 0 Å². The van der Waals surface area contributed by atoms with Crippen LogP contribution in [0.25, 0.3) is 0 Å². The van der Waals surface area contributed by atoms with Crippen molar-refractivity contribution in [2.24, 2.45) is 5.92 Å². The second-order valence-electron chi connectivity index (χ2n) is 5.73. The second-order valence-corrected chi connectivity index (χ2v) is 5.73. The minimum absolute atomic E-state index is 0.0788. The Hall–Kier alpha value is -1.51. The first-order valence-electron chi connectivity index (χ1n) is 6.44. The molecule has 17 heavy (non-hydrogen) atoms. The van der Waals surface area contributed by atoms with E-state index in [1.54, 1.807) is 0 Å². The zero-order valence-corrected chi connectivity index (χ0v) is 9.75. The minimum atomic E-state index is 0.0788. The van der Waals surface area contributed by atoms with Crippen molar-refractivity contribution in [1.82, 2.24) is 0 Å². The Morgan fingerprint density at radius 3 is 2.94 bits per heavy atom. The first-order chi connectivity index (χ1) is 8.27. The molecule has 2 aliphatic heterocycles. The predicted molar refractivity (Wildman–Crippen MR) is 67.2 cm³/mol. The van der Waals surface area contributed by atoms with Crippen molar-refractivity contribution in [3.05, 3.63) is 23.8 Å². The highest BCUT2D eigenvalue weighted by molar-refractivity contribution is 5.98. The van der Waals surface area contributed by atoms with Crippen LogP contribution in [0, 0.1) is 5.92 Å². The van der Waals surface area contributed by atoms with Gasteiger partial charge >= 0.3 is 0 Å². The SMILES string of the molecule is O=C1CC2(CC3CC3)CNc3cccc(c32)N1. The number of nitrogens with one attached hydrogen (secondary N) is 2. The summed E-state index contributed by atoms with van der Waals surface area (Å²) < 4.78 is 0. The van der Waals surface area contributed by atoms with Crippen LogP contribution in [0.2, 0.25) is 0 Å². The normalized spacial score (nSPS) is 29.5. The van der Waals surface area contributed by atoms with Crippen LogP contribution in [0.4, 0.5) is 11.4 Å². The van der Waals surface area contributed by atoms with Gasteiger partial charge in [-0.3, -0.25) is 4.79 Å². The summed E-state index contributed by atoms with van der Waals surface area (Å²) in [5.74, 6) is 1.03. The molecule has 2 heterocycles. The number of rotatable bonds is 2. The van der Waals surface area contributed by atoms with Crippen molar-refractivity contribution in [3.8, 4) is 0 Å². The molecule has 0 saturated heterocycles. The molecule has 3 nitrogen and oxygen atoms in total.